The van der Waals surface area contributed by atoms with Crippen LogP contribution in [-0.4, -0.2) is 64.9 Å². The number of ether oxygens (including phenoxy) is 1. The molecule has 11 heteroatoms. The Morgan fingerprint density at radius 1 is 0.971 bits per heavy atom. The van der Waals surface area contributed by atoms with Crippen molar-refractivity contribution in [3.8, 4) is 0 Å². The third-order valence-electron chi connectivity index (χ3n) is 5.46. The van der Waals surface area contributed by atoms with Crippen LogP contribution in [0, 0.1) is 0 Å². The Morgan fingerprint density at radius 3 is 2.51 bits per heavy atom. The van der Waals surface area contributed by atoms with Gasteiger partial charge in [-0.3, -0.25) is 15.0 Å². The van der Waals surface area contributed by atoms with Gasteiger partial charge in [-0.2, -0.15) is 11.8 Å². The summed E-state index contributed by atoms with van der Waals surface area (Å²) in [5.41, 5.74) is 10.5. The van der Waals surface area contributed by atoms with E-state index in [1.54, 1.807) is 55.6 Å². The van der Waals surface area contributed by atoms with E-state index in [0.717, 1.165) is 23.6 Å². The van der Waals surface area contributed by atoms with Crippen molar-refractivity contribution in [3.05, 3.63) is 48.5 Å². The summed E-state index contributed by atoms with van der Waals surface area (Å²) in [6, 6.07) is 13.5. The van der Waals surface area contributed by atoms with Gasteiger partial charge in [0.15, 0.2) is 0 Å². The van der Waals surface area contributed by atoms with Crippen LogP contribution >= 0.6 is 11.8 Å². The number of thioether (sulfide) groups is 1. The zero-order valence-electron chi connectivity index (χ0n) is 20.3. The summed E-state index contributed by atoms with van der Waals surface area (Å²) in [4.78, 5) is 8.25. The molecule has 1 aliphatic heterocycles. The van der Waals surface area contributed by atoms with E-state index in [9.17, 15) is 8.42 Å². The van der Waals surface area contributed by atoms with Crippen LogP contribution < -0.4 is 21.1 Å². The van der Waals surface area contributed by atoms with Gasteiger partial charge in [0.25, 0.3) is 10.0 Å². The number of likely N-dealkylation sites (tertiary alicyclic amines) is 1. The molecule has 0 atom stereocenters. The monoisotopic (exact) mass is 523 g/mol. The number of nitrogens with one attached hydrogen (secondary N) is 4. The van der Waals surface area contributed by atoms with Gasteiger partial charge in [0.1, 0.15) is 6.73 Å². The lowest BCUT2D eigenvalue weighted by Crippen LogP contribution is -2.31. The van der Waals surface area contributed by atoms with Crippen LogP contribution in [0.3, 0.4) is 0 Å². The molecule has 0 aliphatic carbocycles. The van der Waals surface area contributed by atoms with Gasteiger partial charge in [0, 0.05) is 30.8 Å². The first kappa shape index (κ1) is 27.6. The second-order valence-corrected chi connectivity index (χ2v) is 11.2. The number of sulfonamides is 1. The maximum Gasteiger partial charge on any atom is 0.261 e. The highest BCUT2D eigenvalue weighted by atomic mass is 32.2. The van der Waals surface area contributed by atoms with Crippen LogP contribution in [0.15, 0.2) is 53.4 Å². The van der Waals surface area contributed by atoms with E-state index in [1.165, 1.54) is 38.9 Å². The molecule has 9 nitrogen and oxygen atoms in total. The van der Waals surface area contributed by atoms with E-state index in [1.807, 2.05) is 11.8 Å². The highest BCUT2D eigenvalue weighted by molar-refractivity contribution is 7.99. The molecule has 1 saturated heterocycles. The van der Waals surface area contributed by atoms with Crippen LogP contribution in [-0.2, 0) is 19.6 Å². The van der Waals surface area contributed by atoms with Crippen LogP contribution in [0.2, 0.25) is 0 Å². The van der Waals surface area contributed by atoms with Gasteiger partial charge in [-0.1, -0.05) is 12.5 Å². The molecule has 0 spiro atoms. The van der Waals surface area contributed by atoms with Gasteiger partial charge >= 0.3 is 0 Å². The van der Waals surface area contributed by atoms with Gasteiger partial charge in [-0.25, -0.2) is 13.8 Å². The average molecular weight is 524 g/mol. The lowest BCUT2D eigenvalue weighted by molar-refractivity contribution is 0.182. The summed E-state index contributed by atoms with van der Waals surface area (Å²) in [5, 5.41) is 0. The molecule has 0 amide bonds. The average Bonchev–Trinajstić information content (AvgIpc) is 2.87. The Bertz CT molecular complexity index is 970. The van der Waals surface area contributed by atoms with Gasteiger partial charge in [-0.15, -0.1) is 0 Å². The van der Waals surface area contributed by atoms with E-state index in [2.05, 4.69) is 26.0 Å². The zero-order valence-corrected chi connectivity index (χ0v) is 21.9. The number of nitrogens with zero attached hydrogens (tertiary/aromatic N) is 1. The quantitative estimate of drug-likeness (QED) is 0.148. The van der Waals surface area contributed by atoms with Crippen molar-refractivity contribution in [1.29, 1.82) is 0 Å². The topological polar surface area (TPSA) is 104 Å². The number of piperidine rings is 1. The molecule has 0 radical (unpaired) electrons. The summed E-state index contributed by atoms with van der Waals surface area (Å²) in [7, 11) is -2.15. The van der Waals surface area contributed by atoms with Gasteiger partial charge < -0.3 is 15.1 Å². The summed E-state index contributed by atoms with van der Waals surface area (Å²) in [6.07, 6.45) is 4.98. The van der Waals surface area contributed by atoms with Crippen LogP contribution in [0.4, 0.5) is 17.1 Å². The number of anilines is 3. The van der Waals surface area contributed by atoms with Crippen molar-refractivity contribution in [3.63, 3.8) is 0 Å². The highest BCUT2D eigenvalue weighted by Crippen LogP contribution is 2.21. The van der Waals surface area contributed by atoms with Crippen molar-refractivity contribution >= 4 is 38.8 Å². The van der Waals surface area contributed by atoms with Crippen LogP contribution in [0.5, 0.6) is 0 Å². The summed E-state index contributed by atoms with van der Waals surface area (Å²) in [5.74, 6) is 2.20. The minimum absolute atomic E-state index is 0.156. The molecule has 0 bridgehead atoms. The molecule has 1 fully saturated rings. The Kier molecular flexibility index (Phi) is 11.9. The summed E-state index contributed by atoms with van der Waals surface area (Å²) in [6.45, 7) is 4.57. The van der Waals surface area contributed by atoms with E-state index >= 15 is 0 Å². The van der Waals surface area contributed by atoms with Crippen LogP contribution in [0.25, 0.3) is 0 Å². The number of methoxy groups -OCH3 is 1. The first-order valence-corrected chi connectivity index (χ1v) is 14.6. The fourth-order valence-electron chi connectivity index (χ4n) is 3.62. The smallest absolute Gasteiger partial charge is 0.261 e. The minimum atomic E-state index is -3.73. The van der Waals surface area contributed by atoms with E-state index < -0.39 is 10.0 Å². The number of hydrogen-bond donors (Lipinski definition) is 4. The SMILES string of the molecule is COCNNc1ccc(NS(=O)(=O)c2cccc(NOCCCSCCN3CCCCC3)c2)cc1. The molecule has 0 saturated carbocycles. The Labute approximate surface area is 213 Å². The van der Waals surface area contributed by atoms with Crippen molar-refractivity contribution in [2.75, 3.05) is 67.2 Å². The Balaban J connectivity index is 1.36. The Hall–Kier alpha value is -2.02. The maximum atomic E-state index is 12.8. The number of hydrazine groups is 1. The molecule has 35 heavy (non-hydrogen) atoms. The molecule has 1 heterocycles. The predicted octanol–water partition coefficient (Wildman–Crippen LogP) is 3.96. The summed E-state index contributed by atoms with van der Waals surface area (Å²) >= 11 is 1.96. The lowest BCUT2D eigenvalue weighted by Gasteiger charge is -2.26. The molecule has 2 aromatic carbocycles. The van der Waals surface area contributed by atoms with Crippen LogP contribution in [0.1, 0.15) is 25.7 Å². The van der Waals surface area contributed by atoms with Gasteiger partial charge in [0.05, 0.1) is 17.2 Å². The third-order valence-corrected chi connectivity index (χ3v) is 7.88. The maximum absolute atomic E-state index is 12.8. The van der Waals surface area contributed by atoms with Crippen molar-refractivity contribution in [2.45, 2.75) is 30.6 Å². The number of benzene rings is 2. The molecule has 194 valence electrons. The molecule has 4 N–H and O–H groups in total. The van der Waals surface area contributed by atoms with Crippen molar-refractivity contribution in [1.82, 2.24) is 10.3 Å². The molecular weight excluding hydrogens is 486 g/mol. The predicted molar refractivity (Wildman–Crippen MR) is 144 cm³/mol. The molecule has 0 unspecified atom stereocenters. The first-order chi connectivity index (χ1) is 17.1. The summed E-state index contributed by atoms with van der Waals surface area (Å²) < 4.78 is 33.1. The second kappa shape index (κ2) is 15.2. The second-order valence-electron chi connectivity index (χ2n) is 8.26. The van der Waals surface area contributed by atoms with E-state index in [-0.39, 0.29) is 4.90 Å². The highest BCUT2D eigenvalue weighted by Gasteiger charge is 2.15. The molecule has 3 rings (SSSR count). The first-order valence-electron chi connectivity index (χ1n) is 12.0. The largest absolute Gasteiger partial charge is 0.368 e. The van der Waals surface area contributed by atoms with Crippen molar-refractivity contribution < 1.29 is 18.0 Å². The van der Waals surface area contributed by atoms with E-state index in [4.69, 9.17) is 9.57 Å². The Morgan fingerprint density at radius 2 is 1.74 bits per heavy atom. The zero-order chi connectivity index (χ0) is 24.8. The number of rotatable bonds is 16. The minimum Gasteiger partial charge on any atom is -0.368 e. The fourth-order valence-corrected chi connectivity index (χ4v) is 5.64. The van der Waals surface area contributed by atoms with Crippen molar-refractivity contribution in [2.24, 2.45) is 0 Å². The fraction of sp³-hybridized carbons (Fsp3) is 0.500. The normalized spacial score (nSPS) is 14.5. The van der Waals surface area contributed by atoms with Gasteiger partial charge in [0.2, 0.25) is 0 Å². The third kappa shape index (κ3) is 10.2. The van der Waals surface area contributed by atoms with Gasteiger partial charge in [-0.05, 0) is 80.6 Å². The molecule has 2 aromatic rings. The molecule has 0 aromatic heterocycles. The molecule has 1 aliphatic rings. The lowest BCUT2D eigenvalue weighted by atomic mass is 10.1. The number of hydrogen-bond acceptors (Lipinski definition) is 9. The molecular formula is C24H37N5O4S2. The standard InChI is InChI=1S/C24H37N5O4S2/c1-32-20-25-26-21-9-11-22(12-10-21)28-35(30,31)24-8-5-7-23(19-24)27-33-16-6-17-34-18-15-29-13-3-2-4-14-29/h5,7-12,19,25-28H,2-4,6,13-18,20H2,1H3. The van der Waals surface area contributed by atoms with E-state index in [0.29, 0.717) is 24.7 Å².